The van der Waals surface area contributed by atoms with Crippen molar-refractivity contribution < 1.29 is 9.13 Å². The maximum Gasteiger partial charge on any atom is 0.279 e. The number of hydrogen-bond acceptors (Lipinski definition) is 6. The highest BCUT2D eigenvalue weighted by molar-refractivity contribution is 7.11. The zero-order valence-corrected chi connectivity index (χ0v) is 15.5. The molecule has 0 aliphatic heterocycles. The molecule has 2 aromatic heterocycles. The summed E-state index contributed by atoms with van der Waals surface area (Å²) in [6.45, 7) is 0.658. The van der Waals surface area contributed by atoms with Gasteiger partial charge in [-0.2, -0.15) is 4.98 Å². The van der Waals surface area contributed by atoms with E-state index in [-0.39, 0.29) is 5.82 Å². The Kier molecular flexibility index (Phi) is 5.41. The predicted octanol–water partition coefficient (Wildman–Crippen LogP) is 4.87. The van der Waals surface area contributed by atoms with E-state index >= 15 is 0 Å². The SMILES string of the molecule is Fc1cccc(Oc2nc(C#CCCNc3ncnc4ccccc34)cs2)c1. The summed E-state index contributed by atoms with van der Waals surface area (Å²) < 4.78 is 18.7. The number of anilines is 1. The number of benzene rings is 2. The summed E-state index contributed by atoms with van der Waals surface area (Å²) in [6.07, 6.45) is 2.18. The molecule has 28 heavy (non-hydrogen) atoms. The molecule has 0 aliphatic rings. The molecule has 0 bridgehead atoms. The third-order valence-corrected chi connectivity index (χ3v) is 4.50. The van der Waals surface area contributed by atoms with Gasteiger partial charge in [0.1, 0.15) is 29.4 Å². The van der Waals surface area contributed by atoms with Gasteiger partial charge in [0.25, 0.3) is 5.19 Å². The monoisotopic (exact) mass is 390 g/mol. The van der Waals surface area contributed by atoms with Crippen LogP contribution in [0.25, 0.3) is 10.9 Å². The summed E-state index contributed by atoms with van der Waals surface area (Å²) in [5, 5.41) is 6.51. The topological polar surface area (TPSA) is 59.9 Å². The van der Waals surface area contributed by atoms with E-state index in [1.54, 1.807) is 18.5 Å². The Bertz CT molecular complexity index is 1160. The number of fused-ring (bicyclic) bond motifs is 1. The Hall–Kier alpha value is -3.50. The number of aromatic nitrogens is 3. The van der Waals surface area contributed by atoms with Crippen LogP contribution in [0.4, 0.5) is 10.2 Å². The van der Waals surface area contributed by atoms with Gasteiger partial charge in [-0.1, -0.05) is 35.5 Å². The van der Waals surface area contributed by atoms with E-state index in [9.17, 15) is 4.39 Å². The van der Waals surface area contributed by atoms with Crippen LogP contribution in [0, 0.1) is 17.7 Å². The number of rotatable bonds is 5. The van der Waals surface area contributed by atoms with Crippen molar-refractivity contribution in [3.8, 4) is 22.8 Å². The summed E-state index contributed by atoms with van der Waals surface area (Å²) in [7, 11) is 0. The number of ether oxygens (including phenoxy) is 1. The second-order valence-electron chi connectivity index (χ2n) is 5.78. The molecule has 5 nitrogen and oxygen atoms in total. The molecule has 2 aromatic carbocycles. The van der Waals surface area contributed by atoms with Crippen molar-refractivity contribution in [3.05, 3.63) is 71.7 Å². The first-order chi connectivity index (χ1) is 13.8. The molecule has 0 unspecified atom stereocenters. The fourth-order valence-corrected chi connectivity index (χ4v) is 3.15. The zero-order chi connectivity index (χ0) is 19.2. The fourth-order valence-electron chi connectivity index (χ4n) is 2.54. The highest BCUT2D eigenvalue weighted by Crippen LogP contribution is 2.25. The van der Waals surface area contributed by atoms with Crippen molar-refractivity contribution >= 4 is 28.1 Å². The minimum Gasteiger partial charge on any atom is -0.431 e. The highest BCUT2D eigenvalue weighted by Gasteiger charge is 2.04. The van der Waals surface area contributed by atoms with E-state index in [4.69, 9.17) is 4.74 Å². The molecular formula is C21H15FN4OS. The van der Waals surface area contributed by atoms with E-state index in [0.29, 0.717) is 29.6 Å². The molecule has 0 saturated heterocycles. The molecule has 0 radical (unpaired) electrons. The van der Waals surface area contributed by atoms with Crippen LogP contribution in [0.15, 0.2) is 60.2 Å². The Morgan fingerprint density at radius 1 is 1.11 bits per heavy atom. The number of nitrogens with zero attached hydrogens (tertiary/aromatic N) is 3. The van der Waals surface area contributed by atoms with Gasteiger partial charge in [-0.25, -0.2) is 14.4 Å². The third-order valence-electron chi connectivity index (χ3n) is 3.79. The van der Waals surface area contributed by atoms with Crippen molar-refractivity contribution in [1.82, 2.24) is 15.0 Å². The quantitative estimate of drug-likeness (QED) is 0.389. The van der Waals surface area contributed by atoms with Crippen molar-refractivity contribution in [2.45, 2.75) is 6.42 Å². The predicted molar refractivity (Wildman–Crippen MR) is 108 cm³/mol. The lowest BCUT2D eigenvalue weighted by Crippen LogP contribution is -2.03. The third kappa shape index (κ3) is 4.42. The molecule has 0 atom stereocenters. The first-order valence-electron chi connectivity index (χ1n) is 8.59. The number of nitrogens with one attached hydrogen (secondary N) is 1. The average Bonchev–Trinajstić information content (AvgIpc) is 3.15. The molecule has 0 aliphatic carbocycles. The summed E-state index contributed by atoms with van der Waals surface area (Å²) >= 11 is 1.32. The molecular weight excluding hydrogens is 375 g/mol. The normalized spacial score (nSPS) is 10.3. The largest absolute Gasteiger partial charge is 0.431 e. The second kappa shape index (κ2) is 8.46. The van der Waals surface area contributed by atoms with Crippen LogP contribution in [0.5, 0.6) is 10.9 Å². The molecule has 0 fully saturated rings. The second-order valence-corrected chi connectivity index (χ2v) is 6.60. The summed E-state index contributed by atoms with van der Waals surface area (Å²) in [5.74, 6) is 6.95. The summed E-state index contributed by atoms with van der Waals surface area (Å²) in [6, 6.07) is 13.8. The van der Waals surface area contributed by atoms with Gasteiger partial charge in [0.2, 0.25) is 0 Å². The first kappa shape index (κ1) is 17.9. The van der Waals surface area contributed by atoms with E-state index in [0.717, 1.165) is 16.7 Å². The maximum absolute atomic E-state index is 13.2. The van der Waals surface area contributed by atoms with Crippen molar-refractivity contribution in [2.75, 3.05) is 11.9 Å². The molecule has 0 spiro atoms. The summed E-state index contributed by atoms with van der Waals surface area (Å²) in [4.78, 5) is 12.8. The molecule has 0 saturated carbocycles. The number of para-hydroxylation sites is 1. The molecule has 2 heterocycles. The minimum absolute atomic E-state index is 0.349. The van der Waals surface area contributed by atoms with Gasteiger partial charge in [-0.15, -0.1) is 0 Å². The van der Waals surface area contributed by atoms with Crippen LogP contribution < -0.4 is 10.1 Å². The van der Waals surface area contributed by atoms with Crippen molar-refractivity contribution in [3.63, 3.8) is 0 Å². The van der Waals surface area contributed by atoms with Crippen LogP contribution in [-0.4, -0.2) is 21.5 Å². The van der Waals surface area contributed by atoms with E-state index in [1.807, 2.05) is 29.6 Å². The van der Waals surface area contributed by atoms with Gasteiger partial charge in [-0.05, 0) is 30.2 Å². The van der Waals surface area contributed by atoms with Gasteiger partial charge < -0.3 is 10.1 Å². The van der Waals surface area contributed by atoms with Crippen LogP contribution in [0.2, 0.25) is 0 Å². The van der Waals surface area contributed by atoms with Gasteiger partial charge in [0, 0.05) is 29.8 Å². The zero-order valence-electron chi connectivity index (χ0n) is 14.7. The van der Waals surface area contributed by atoms with E-state index < -0.39 is 0 Å². The lowest BCUT2D eigenvalue weighted by molar-refractivity contribution is 0.473. The standard InChI is InChI=1S/C21H15FN4OS/c22-15-6-5-8-17(12-15)27-21-26-16(13-28-21)7-3-4-11-23-20-18-9-1-2-10-19(18)24-14-25-20/h1-2,5-6,8-10,12-14H,4,11H2,(H,23,24,25). The van der Waals surface area contributed by atoms with E-state index in [1.165, 1.54) is 23.5 Å². The Labute approximate surface area is 165 Å². The first-order valence-corrected chi connectivity index (χ1v) is 9.47. The van der Waals surface area contributed by atoms with Gasteiger partial charge in [-0.3, -0.25) is 0 Å². The Balaban J connectivity index is 1.32. The average molecular weight is 390 g/mol. The van der Waals surface area contributed by atoms with E-state index in [2.05, 4.69) is 32.1 Å². The highest BCUT2D eigenvalue weighted by atomic mass is 32.1. The van der Waals surface area contributed by atoms with Crippen LogP contribution >= 0.6 is 11.3 Å². The molecule has 138 valence electrons. The number of hydrogen-bond donors (Lipinski definition) is 1. The van der Waals surface area contributed by atoms with Crippen LogP contribution in [0.1, 0.15) is 12.1 Å². The van der Waals surface area contributed by atoms with Gasteiger partial charge in [0.05, 0.1) is 5.52 Å². The molecule has 0 amide bonds. The fraction of sp³-hybridized carbons (Fsp3) is 0.0952. The smallest absolute Gasteiger partial charge is 0.279 e. The number of thiazole rings is 1. The Morgan fingerprint density at radius 3 is 2.96 bits per heavy atom. The maximum atomic E-state index is 13.2. The Morgan fingerprint density at radius 2 is 2.04 bits per heavy atom. The summed E-state index contributed by atoms with van der Waals surface area (Å²) in [5.41, 5.74) is 1.53. The van der Waals surface area contributed by atoms with Crippen molar-refractivity contribution in [1.29, 1.82) is 0 Å². The van der Waals surface area contributed by atoms with Crippen LogP contribution in [0.3, 0.4) is 0 Å². The van der Waals surface area contributed by atoms with Crippen molar-refractivity contribution in [2.24, 2.45) is 0 Å². The number of halogens is 1. The minimum atomic E-state index is -0.349. The lowest BCUT2D eigenvalue weighted by atomic mass is 10.2. The lowest BCUT2D eigenvalue weighted by Gasteiger charge is -2.05. The molecule has 4 aromatic rings. The molecule has 7 heteroatoms. The molecule has 4 rings (SSSR count). The van der Waals surface area contributed by atoms with Gasteiger partial charge in [0.15, 0.2) is 0 Å². The van der Waals surface area contributed by atoms with Crippen LogP contribution in [-0.2, 0) is 0 Å². The molecule has 1 N–H and O–H groups in total. The van der Waals surface area contributed by atoms with Gasteiger partial charge >= 0.3 is 0 Å².